The molecule has 1 aliphatic heterocycles. The Hall–Kier alpha value is -4.68. The van der Waals surface area contributed by atoms with Crippen molar-refractivity contribution in [1.29, 1.82) is 0 Å². The number of aryl methyl sites for hydroxylation is 1. The van der Waals surface area contributed by atoms with E-state index in [9.17, 15) is 29.2 Å². The van der Waals surface area contributed by atoms with Gasteiger partial charge in [-0.1, -0.05) is 37.9 Å². The number of nitrogens with two attached hydrogens (primary N) is 1. The molecule has 252 valence electrons. The molecule has 3 unspecified atom stereocenters. The Morgan fingerprint density at radius 2 is 2.04 bits per heavy atom. The molecule has 4 aromatic rings. The number of rotatable bonds is 10. The summed E-state index contributed by atoms with van der Waals surface area (Å²) in [5.41, 5.74) is 4.61. The van der Waals surface area contributed by atoms with E-state index in [-0.39, 0.29) is 28.4 Å². The molecule has 4 N–H and O–H groups in total. The molecule has 1 fully saturated rings. The molecule has 47 heavy (non-hydrogen) atoms. The fourth-order valence-corrected chi connectivity index (χ4v) is 6.26. The number of benzene rings is 1. The van der Waals surface area contributed by atoms with E-state index in [1.165, 1.54) is 53.2 Å². The van der Waals surface area contributed by atoms with Crippen molar-refractivity contribution in [2.75, 3.05) is 19.5 Å². The number of hydrogen-bond donors (Lipinski definition) is 3. The number of nitrogens with zero attached hydrogens (tertiary/aromatic N) is 6. The number of aromatic amines is 1. The number of nitro groups is 1. The van der Waals surface area contributed by atoms with Crippen molar-refractivity contribution in [1.82, 2.24) is 23.9 Å². The summed E-state index contributed by atoms with van der Waals surface area (Å²) in [5, 5.41) is 11.8. The quantitative estimate of drug-likeness (QED) is 0.0716. The largest absolute Gasteiger partial charge is 0.509 e. The van der Waals surface area contributed by atoms with Crippen LogP contribution in [-0.2, 0) is 35.1 Å². The molecule has 0 bridgehead atoms. The number of nitrogen functional groups attached to an aromatic ring is 1. The number of imidazole rings is 2. The lowest BCUT2D eigenvalue weighted by Gasteiger charge is -2.31. The molecule has 5 rings (SSSR count). The Labute approximate surface area is 266 Å². The van der Waals surface area contributed by atoms with Gasteiger partial charge in [-0.2, -0.15) is 0 Å². The first-order valence-corrected chi connectivity index (χ1v) is 15.7. The van der Waals surface area contributed by atoms with Crippen LogP contribution < -0.4 is 15.9 Å². The van der Waals surface area contributed by atoms with Crippen LogP contribution in [-0.4, -0.2) is 71.9 Å². The number of H-pyrrole nitrogens is 1. The van der Waals surface area contributed by atoms with Crippen LogP contribution in [0.5, 0.6) is 0 Å². The van der Waals surface area contributed by atoms with Crippen LogP contribution >= 0.6 is 7.75 Å². The Balaban J connectivity index is 1.49. The van der Waals surface area contributed by atoms with E-state index in [0.29, 0.717) is 0 Å². The summed E-state index contributed by atoms with van der Waals surface area (Å²) in [7, 11) is -1.55. The van der Waals surface area contributed by atoms with Gasteiger partial charge in [0.15, 0.2) is 18.5 Å². The third-order valence-corrected chi connectivity index (χ3v) is 8.77. The number of nitro benzene ring substituents is 1. The van der Waals surface area contributed by atoms with Gasteiger partial charge in [0.25, 0.3) is 17.2 Å². The molecule has 1 aromatic carbocycles. The van der Waals surface area contributed by atoms with Gasteiger partial charge in [-0.05, 0) is 6.07 Å². The van der Waals surface area contributed by atoms with Crippen molar-refractivity contribution in [3.8, 4) is 0 Å². The van der Waals surface area contributed by atoms with Crippen LogP contribution in [0.1, 0.15) is 38.7 Å². The first-order valence-electron chi connectivity index (χ1n) is 14.1. The average Bonchev–Trinajstić information content (AvgIpc) is 3.73. The second-order valence-electron chi connectivity index (χ2n) is 11.8. The number of aromatic nitrogens is 6. The molecule has 0 radical (unpaired) electrons. The predicted octanol–water partition coefficient (Wildman–Crippen LogP) is 2.12. The van der Waals surface area contributed by atoms with Gasteiger partial charge in [0, 0.05) is 31.0 Å². The first-order chi connectivity index (χ1) is 22.1. The number of anilines is 1. The third kappa shape index (κ3) is 6.75. The maximum atomic E-state index is 13.5. The lowest BCUT2D eigenvalue weighted by molar-refractivity contribution is -0.746. The van der Waals surface area contributed by atoms with Gasteiger partial charge in [0.2, 0.25) is 11.7 Å². The number of methoxy groups -OCH3 is 1. The van der Waals surface area contributed by atoms with Gasteiger partial charge in [0.1, 0.15) is 18.5 Å². The standard InChI is InChI=1S/C27H33N8O11P/c1-27(2,3)21(15-8-6-7-9-16(15)35(38)39)46-26(37)45-19-17(12-43-47(40,41)33-11-10-29-13-33)44-24(20(19)42-5)34-14-32(4)18-22(34)30-25(28)31-23(18)36/h6-11,13-14,17,19-21,24H,12H2,1-5H3,(H3-,28,30,31,36,40,41)/p+1/t17-,19?,20+,21?,24-/m1/s1. The van der Waals surface area contributed by atoms with Crippen LogP contribution in [0.3, 0.4) is 0 Å². The molecule has 19 nitrogen and oxygen atoms in total. The highest BCUT2D eigenvalue weighted by molar-refractivity contribution is 7.51. The minimum absolute atomic E-state index is 0.110. The molecule has 1 saturated heterocycles. The summed E-state index contributed by atoms with van der Waals surface area (Å²) >= 11 is 0. The van der Waals surface area contributed by atoms with E-state index in [4.69, 9.17) is 29.2 Å². The summed E-state index contributed by atoms with van der Waals surface area (Å²) in [5.74, 6) is -0.171. The highest BCUT2D eigenvalue weighted by Crippen LogP contribution is 2.45. The van der Waals surface area contributed by atoms with Gasteiger partial charge in [-0.15, -0.1) is 0 Å². The van der Waals surface area contributed by atoms with Crippen molar-refractivity contribution < 1.29 is 47.2 Å². The average molecular weight is 678 g/mol. The van der Waals surface area contributed by atoms with Gasteiger partial charge in [-0.25, -0.2) is 23.2 Å². The zero-order valence-corrected chi connectivity index (χ0v) is 26.8. The van der Waals surface area contributed by atoms with Crippen LogP contribution in [0.2, 0.25) is 0 Å². The maximum absolute atomic E-state index is 13.5. The molecule has 0 saturated carbocycles. The fourth-order valence-electron chi connectivity index (χ4n) is 5.37. The Morgan fingerprint density at radius 3 is 2.68 bits per heavy atom. The molecular formula is C27H34N8O11P+. The van der Waals surface area contributed by atoms with E-state index in [1.54, 1.807) is 33.9 Å². The van der Waals surface area contributed by atoms with E-state index in [0.717, 1.165) is 10.7 Å². The van der Waals surface area contributed by atoms with Crippen LogP contribution in [0.4, 0.5) is 16.4 Å². The van der Waals surface area contributed by atoms with Crippen molar-refractivity contribution >= 4 is 36.7 Å². The molecule has 3 aromatic heterocycles. The van der Waals surface area contributed by atoms with Gasteiger partial charge < -0.3 is 29.6 Å². The number of carbonyl (C=O) groups is 1. The maximum Gasteiger partial charge on any atom is 0.509 e. The van der Waals surface area contributed by atoms with Gasteiger partial charge in [0.05, 0.1) is 24.1 Å². The summed E-state index contributed by atoms with van der Waals surface area (Å²) in [4.78, 5) is 58.3. The number of para-hydroxylation sites is 1. The second-order valence-corrected chi connectivity index (χ2v) is 13.5. The van der Waals surface area contributed by atoms with E-state index >= 15 is 0 Å². The molecule has 0 amide bonds. The summed E-state index contributed by atoms with van der Waals surface area (Å²) in [6.45, 7) is 4.61. The van der Waals surface area contributed by atoms with E-state index in [2.05, 4.69) is 15.0 Å². The Kier molecular flexibility index (Phi) is 9.20. The minimum atomic E-state index is -4.47. The van der Waals surface area contributed by atoms with E-state index in [1.807, 2.05) is 0 Å². The second kappa shape index (κ2) is 12.8. The number of ether oxygens (including phenoxy) is 4. The van der Waals surface area contributed by atoms with E-state index < -0.39 is 67.1 Å². The minimum Gasteiger partial charge on any atom is -0.425 e. The van der Waals surface area contributed by atoms with Crippen LogP contribution in [0.25, 0.3) is 11.2 Å². The van der Waals surface area contributed by atoms with Crippen LogP contribution in [0, 0.1) is 15.5 Å². The predicted molar refractivity (Wildman–Crippen MR) is 161 cm³/mol. The normalized spacial score (nSPS) is 21.7. The number of nitrogens with one attached hydrogen (secondary N) is 1. The van der Waals surface area contributed by atoms with Crippen LogP contribution in [0.15, 0.2) is 54.1 Å². The monoisotopic (exact) mass is 677 g/mol. The third-order valence-electron chi connectivity index (χ3n) is 7.46. The smallest absolute Gasteiger partial charge is 0.425 e. The molecule has 0 spiro atoms. The van der Waals surface area contributed by atoms with Crippen molar-refractivity contribution in [3.05, 3.63) is 75.3 Å². The lowest BCUT2D eigenvalue weighted by atomic mass is 9.84. The summed E-state index contributed by atoms with van der Waals surface area (Å²) in [6.07, 6.45) is -2.09. The first kappa shape index (κ1) is 33.7. The zero-order chi connectivity index (χ0) is 34.3. The topological polar surface area (TPSA) is 242 Å². The molecule has 20 heteroatoms. The number of fused-ring (bicyclic) bond motifs is 1. The van der Waals surface area contributed by atoms with Crippen molar-refractivity contribution in [2.45, 2.75) is 51.4 Å². The van der Waals surface area contributed by atoms with Crippen molar-refractivity contribution in [3.63, 3.8) is 0 Å². The Bertz CT molecular complexity index is 1890. The highest BCUT2D eigenvalue weighted by atomic mass is 31.2. The van der Waals surface area contributed by atoms with Crippen molar-refractivity contribution in [2.24, 2.45) is 12.5 Å². The number of hydrogen-bond acceptors (Lipinski definition) is 13. The fraction of sp³-hybridized carbons (Fsp3) is 0.444. The molecule has 6 atom stereocenters. The van der Waals surface area contributed by atoms with Gasteiger partial charge >= 0.3 is 19.5 Å². The lowest BCUT2D eigenvalue weighted by Crippen LogP contribution is -2.48. The summed E-state index contributed by atoms with van der Waals surface area (Å²) in [6, 6.07) is 5.86. The molecule has 0 aliphatic carbocycles. The molecule has 1 aliphatic rings. The molecular weight excluding hydrogens is 643 g/mol. The zero-order valence-electron chi connectivity index (χ0n) is 26.0. The SMILES string of the molecule is CO[C@H]1C(OC(=O)OC(c2ccccc2[N+](=O)[O-])C(C)(C)C)[C@@H](COP(=O)(O)n2ccnc2)O[C@H]1[n+]1cn(C)c2c(=O)[nH]c(N)nc21. The molecule has 4 heterocycles. The highest BCUT2D eigenvalue weighted by Gasteiger charge is 2.52. The number of carbonyl (C=O) groups excluding carboxylic acids is 1. The Morgan fingerprint density at radius 1 is 1.32 bits per heavy atom. The summed E-state index contributed by atoms with van der Waals surface area (Å²) < 4.78 is 45.5. The van der Waals surface area contributed by atoms with Gasteiger partial charge in [-0.3, -0.25) is 29.0 Å².